The topological polar surface area (TPSA) is 52.5 Å². The van der Waals surface area contributed by atoms with Gasteiger partial charge in [0.2, 0.25) is 0 Å². The first-order valence-electron chi connectivity index (χ1n) is 6.57. The fourth-order valence-corrected chi connectivity index (χ4v) is 2.48. The largest absolute Gasteiger partial charge is 0.396 e. The molecule has 1 aliphatic rings. The summed E-state index contributed by atoms with van der Waals surface area (Å²) in [6.45, 7) is 4.96. The summed E-state index contributed by atoms with van der Waals surface area (Å²) in [5, 5.41) is 22.1. The van der Waals surface area contributed by atoms with Crippen molar-refractivity contribution in [3.05, 3.63) is 0 Å². The Balaban J connectivity index is 2.15. The quantitative estimate of drug-likeness (QED) is 0.622. The Labute approximate surface area is 99.3 Å². The van der Waals surface area contributed by atoms with Crippen LogP contribution >= 0.6 is 0 Å². The zero-order valence-electron chi connectivity index (χ0n) is 10.7. The molecule has 0 aromatic carbocycles. The van der Waals surface area contributed by atoms with Gasteiger partial charge >= 0.3 is 0 Å². The number of β-amino-alcohol motifs (C(OH)–C–C–N with tert-alkyl or cyclic N) is 1. The lowest BCUT2D eigenvalue weighted by Gasteiger charge is -2.27. The maximum atomic E-state index is 9.92. The van der Waals surface area contributed by atoms with Gasteiger partial charge in [0.05, 0.1) is 6.10 Å². The third-order valence-corrected chi connectivity index (χ3v) is 3.63. The van der Waals surface area contributed by atoms with Crippen LogP contribution in [0.4, 0.5) is 0 Å². The molecule has 1 unspecified atom stereocenters. The highest BCUT2D eigenvalue weighted by atomic mass is 16.3. The van der Waals surface area contributed by atoms with Crippen molar-refractivity contribution in [3.8, 4) is 0 Å². The first-order valence-corrected chi connectivity index (χ1v) is 6.57. The van der Waals surface area contributed by atoms with E-state index in [-0.39, 0.29) is 18.2 Å². The molecule has 16 heavy (non-hydrogen) atoms. The molecule has 1 aliphatic carbocycles. The van der Waals surface area contributed by atoms with E-state index in [1.807, 2.05) is 0 Å². The molecule has 1 atom stereocenters. The molecule has 0 saturated heterocycles. The van der Waals surface area contributed by atoms with Crippen LogP contribution in [0, 0.1) is 5.92 Å². The second kappa shape index (κ2) is 6.58. The molecule has 0 aromatic heterocycles. The molecule has 0 bridgehead atoms. The van der Waals surface area contributed by atoms with E-state index < -0.39 is 0 Å². The second-order valence-corrected chi connectivity index (χ2v) is 5.78. The molecule has 0 spiro atoms. The van der Waals surface area contributed by atoms with Gasteiger partial charge in [-0.2, -0.15) is 0 Å². The highest BCUT2D eigenvalue weighted by molar-refractivity contribution is 4.79. The van der Waals surface area contributed by atoms with Crippen LogP contribution < -0.4 is 5.32 Å². The van der Waals surface area contributed by atoms with Crippen molar-refractivity contribution in [3.63, 3.8) is 0 Å². The zero-order chi connectivity index (χ0) is 12.0. The van der Waals surface area contributed by atoms with Gasteiger partial charge < -0.3 is 15.5 Å². The minimum Gasteiger partial charge on any atom is -0.396 e. The van der Waals surface area contributed by atoms with E-state index in [0.29, 0.717) is 6.54 Å². The predicted molar refractivity (Wildman–Crippen MR) is 66.4 cm³/mol. The summed E-state index contributed by atoms with van der Waals surface area (Å²) in [4.78, 5) is 0. The van der Waals surface area contributed by atoms with Crippen LogP contribution in [-0.4, -0.2) is 35.0 Å². The SMILES string of the molecule is CC(C)(CCO)NCC(O)CC1CCCC1. The number of hydrogen-bond acceptors (Lipinski definition) is 3. The lowest BCUT2D eigenvalue weighted by atomic mass is 9.98. The van der Waals surface area contributed by atoms with E-state index in [1.165, 1.54) is 25.7 Å². The standard InChI is InChI=1S/C13H27NO2/c1-13(2,7-8-15)14-10-12(16)9-11-5-3-4-6-11/h11-12,14-16H,3-10H2,1-2H3. The van der Waals surface area contributed by atoms with Crippen LogP contribution in [0.15, 0.2) is 0 Å². The first-order chi connectivity index (χ1) is 7.53. The number of aliphatic hydroxyl groups is 2. The van der Waals surface area contributed by atoms with Crippen LogP contribution in [0.3, 0.4) is 0 Å². The van der Waals surface area contributed by atoms with Gasteiger partial charge in [-0.25, -0.2) is 0 Å². The van der Waals surface area contributed by atoms with Crippen molar-refractivity contribution < 1.29 is 10.2 Å². The van der Waals surface area contributed by atoms with Crippen LogP contribution in [0.25, 0.3) is 0 Å². The summed E-state index contributed by atoms with van der Waals surface area (Å²) >= 11 is 0. The molecule has 0 amide bonds. The Morgan fingerprint density at radius 1 is 1.31 bits per heavy atom. The maximum Gasteiger partial charge on any atom is 0.0667 e. The van der Waals surface area contributed by atoms with Gasteiger partial charge in [0.15, 0.2) is 0 Å². The minimum atomic E-state index is -0.235. The van der Waals surface area contributed by atoms with Gasteiger partial charge in [-0.15, -0.1) is 0 Å². The van der Waals surface area contributed by atoms with Gasteiger partial charge in [-0.3, -0.25) is 0 Å². The Hall–Kier alpha value is -0.120. The molecule has 0 heterocycles. The Kier molecular flexibility index (Phi) is 5.73. The third-order valence-electron chi connectivity index (χ3n) is 3.63. The van der Waals surface area contributed by atoms with Crippen molar-refractivity contribution in [2.24, 2.45) is 5.92 Å². The van der Waals surface area contributed by atoms with E-state index >= 15 is 0 Å². The van der Waals surface area contributed by atoms with Gasteiger partial charge in [0.1, 0.15) is 0 Å². The second-order valence-electron chi connectivity index (χ2n) is 5.78. The average molecular weight is 229 g/mol. The summed E-state index contributed by atoms with van der Waals surface area (Å²) in [6, 6.07) is 0. The van der Waals surface area contributed by atoms with E-state index in [1.54, 1.807) is 0 Å². The highest BCUT2D eigenvalue weighted by Crippen LogP contribution is 2.28. The average Bonchev–Trinajstić information content (AvgIpc) is 2.68. The van der Waals surface area contributed by atoms with E-state index in [9.17, 15) is 5.11 Å². The summed E-state index contributed by atoms with van der Waals surface area (Å²) in [5.74, 6) is 0.734. The maximum absolute atomic E-state index is 9.92. The lowest BCUT2D eigenvalue weighted by molar-refractivity contribution is 0.125. The fourth-order valence-electron chi connectivity index (χ4n) is 2.48. The monoisotopic (exact) mass is 229 g/mol. The molecule has 1 saturated carbocycles. The first kappa shape index (κ1) is 13.9. The molecule has 1 fully saturated rings. The fraction of sp³-hybridized carbons (Fsp3) is 1.00. The number of aliphatic hydroxyl groups excluding tert-OH is 2. The summed E-state index contributed by atoms with van der Waals surface area (Å²) < 4.78 is 0. The molecule has 3 N–H and O–H groups in total. The number of nitrogens with one attached hydrogen (secondary N) is 1. The Morgan fingerprint density at radius 2 is 1.94 bits per heavy atom. The molecule has 0 aliphatic heterocycles. The molecule has 3 heteroatoms. The predicted octanol–water partition coefficient (Wildman–Crippen LogP) is 1.68. The normalized spacial score (nSPS) is 20.2. The molecule has 3 nitrogen and oxygen atoms in total. The smallest absolute Gasteiger partial charge is 0.0667 e. The van der Waals surface area contributed by atoms with Crippen LogP contribution in [-0.2, 0) is 0 Å². The summed E-state index contributed by atoms with van der Waals surface area (Å²) in [7, 11) is 0. The van der Waals surface area contributed by atoms with Crippen LogP contribution in [0.2, 0.25) is 0 Å². The van der Waals surface area contributed by atoms with Crippen LogP contribution in [0.5, 0.6) is 0 Å². The zero-order valence-corrected chi connectivity index (χ0v) is 10.7. The third kappa shape index (κ3) is 5.28. The molecule has 1 rings (SSSR count). The van der Waals surface area contributed by atoms with Crippen molar-refractivity contribution >= 4 is 0 Å². The van der Waals surface area contributed by atoms with Crippen molar-refractivity contribution in [2.45, 2.75) is 64.0 Å². The summed E-state index contributed by atoms with van der Waals surface area (Å²) in [6.07, 6.45) is 6.67. The molecular formula is C13H27NO2. The van der Waals surface area contributed by atoms with Gasteiger partial charge in [0, 0.05) is 18.7 Å². The van der Waals surface area contributed by atoms with Gasteiger partial charge in [-0.1, -0.05) is 25.7 Å². The molecule has 96 valence electrons. The number of hydrogen-bond donors (Lipinski definition) is 3. The molecule has 0 radical (unpaired) electrons. The minimum absolute atomic E-state index is 0.0780. The van der Waals surface area contributed by atoms with E-state index in [2.05, 4.69) is 19.2 Å². The van der Waals surface area contributed by atoms with Crippen molar-refractivity contribution in [1.29, 1.82) is 0 Å². The Bertz CT molecular complexity index is 188. The number of rotatable bonds is 7. The van der Waals surface area contributed by atoms with Crippen molar-refractivity contribution in [2.75, 3.05) is 13.2 Å². The highest BCUT2D eigenvalue weighted by Gasteiger charge is 2.21. The Morgan fingerprint density at radius 3 is 2.50 bits per heavy atom. The van der Waals surface area contributed by atoms with E-state index in [0.717, 1.165) is 18.8 Å². The summed E-state index contributed by atoms with van der Waals surface area (Å²) in [5.41, 5.74) is -0.0780. The van der Waals surface area contributed by atoms with Crippen LogP contribution in [0.1, 0.15) is 52.4 Å². The molecule has 0 aromatic rings. The van der Waals surface area contributed by atoms with Gasteiger partial charge in [0.25, 0.3) is 0 Å². The molecular weight excluding hydrogens is 202 g/mol. The van der Waals surface area contributed by atoms with Gasteiger partial charge in [-0.05, 0) is 32.6 Å². The van der Waals surface area contributed by atoms with Crippen molar-refractivity contribution in [1.82, 2.24) is 5.32 Å². The van der Waals surface area contributed by atoms with E-state index in [4.69, 9.17) is 5.11 Å². The lowest BCUT2D eigenvalue weighted by Crippen LogP contribution is -2.44.